The number of aliphatic hydroxyl groups excluding tert-OH is 1. The van der Waals surface area contributed by atoms with Crippen LogP contribution in [0.2, 0.25) is 0 Å². The van der Waals surface area contributed by atoms with Crippen molar-refractivity contribution < 1.29 is 9.50 Å². The minimum Gasteiger partial charge on any atom is -0.392 e. The van der Waals surface area contributed by atoms with Crippen LogP contribution in [-0.2, 0) is 0 Å². The third kappa shape index (κ3) is 3.30. The van der Waals surface area contributed by atoms with Gasteiger partial charge in [0.15, 0.2) is 0 Å². The van der Waals surface area contributed by atoms with Gasteiger partial charge in [-0.15, -0.1) is 0 Å². The Bertz CT molecular complexity index is 365. The molecule has 2 nitrogen and oxygen atoms in total. The van der Waals surface area contributed by atoms with Gasteiger partial charge in [-0.2, -0.15) is 0 Å². The van der Waals surface area contributed by atoms with Crippen molar-refractivity contribution in [2.75, 3.05) is 0 Å². The third-order valence-corrected chi connectivity index (χ3v) is 3.83. The van der Waals surface area contributed by atoms with Gasteiger partial charge in [-0.1, -0.05) is 31.9 Å². The zero-order valence-corrected chi connectivity index (χ0v) is 10.9. The molecule has 1 aliphatic rings. The number of hydrogen-bond donors (Lipinski definition) is 2. The average Bonchev–Trinajstić information content (AvgIpc) is 2.39. The smallest absolute Gasteiger partial charge is 0.123 e. The number of halogens is 1. The summed E-state index contributed by atoms with van der Waals surface area (Å²) in [5, 5.41) is 13.5. The minimum absolute atomic E-state index is 0.175. The predicted molar refractivity (Wildman–Crippen MR) is 70.8 cm³/mol. The molecule has 100 valence electrons. The van der Waals surface area contributed by atoms with Gasteiger partial charge >= 0.3 is 0 Å². The summed E-state index contributed by atoms with van der Waals surface area (Å²) in [6.45, 7) is 2.11. The fourth-order valence-electron chi connectivity index (χ4n) is 2.71. The fourth-order valence-corrected chi connectivity index (χ4v) is 2.71. The van der Waals surface area contributed by atoms with Crippen molar-refractivity contribution in [2.45, 2.75) is 57.2 Å². The van der Waals surface area contributed by atoms with Gasteiger partial charge in [0.1, 0.15) is 5.82 Å². The molecule has 1 unspecified atom stereocenters. The number of rotatable bonds is 4. The van der Waals surface area contributed by atoms with Crippen molar-refractivity contribution in [2.24, 2.45) is 0 Å². The SMILES string of the molecule is CCC(N[C@@H]1CCCC[C@H]1O)c1ccc(F)cc1. The molecule has 0 spiro atoms. The Balaban J connectivity index is 2.02. The lowest BCUT2D eigenvalue weighted by molar-refractivity contribution is 0.0844. The molecule has 1 aliphatic carbocycles. The quantitative estimate of drug-likeness (QED) is 0.861. The Morgan fingerprint density at radius 1 is 1.28 bits per heavy atom. The van der Waals surface area contributed by atoms with Crippen molar-refractivity contribution in [1.29, 1.82) is 0 Å². The summed E-state index contributed by atoms with van der Waals surface area (Å²) in [5.41, 5.74) is 1.09. The summed E-state index contributed by atoms with van der Waals surface area (Å²) in [5.74, 6) is -0.202. The number of aliphatic hydroxyl groups is 1. The first kappa shape index (κ1) is 13.5. The van der Waals surface area contributed by atoms with E-state index in [0.717, 1.165) is 31.2 Å². The molecule has 3 heteroatoms. The van der Waals surface area contributed by atoms with E-state index in [2.05, 4.69) is 12.2 Å². The van der Waals surface area contributed by atoms with Crippen LogP contribution in [0.25, 0.3) is 0 Å². The second-order valence-corrected chi connectivity index (χ2v) is 5.14. The standard InChI is InChI=1S/C15H22FNO/c1-2-13(11-7-9-12(16)10-8-11)17-14-5-3-4-6-15(14)18/h7-10,13-15,17-18H,2-6H2,1H3/t13?,14-,15-/m1/s1. The first-order chi connectivity index (χ1) is 8.70. The van der Waals surface area contributed by atoms with Crippen LogP contribution in [0, 0.1) is 5.82 Å². The Morgan fingerprint density at radius 3 is 2.56 bits per heavy atom. The molecule has 0 aliphatic heterocycles. The summed E-state index contributed by atoms with van der Waals surface area (Å²) in [4.78, 5) is 0. The molecule has 2 rings (SSSR count). The molecule has 0 heterocycles. The molecule has 3 atom stereocenters. The molecule has 2 N–H and O–H groups in total. The Kier molecular flexibility index (Phi) is 4.72. The van der Waals surface area contributed by atoms with E-state index in [9.17, 15) is 9.50 Å². The maximum atomic E-state index is 12.9. The number of benzene rings is 1. The molecule has 0 bridgehead atoms. The van der Waals surface area contributed by atoms with Crippen LogP contribution in [0.1, 0.15) is 50.6 Å². The van der Waals surface area contributed by atoms with E-state index >= 15 is 0 Å². The molecule has 0 amide bonds. The maximum absolute atomic E-state index is 12.9. The Labute approximate surface area is 108 Å². The molecule has 0 saturated heterocycles. The van der Waals surface area contributed by atoms with Crippen molar-refractivity contribution >= 4 is 0 Å². The van der Waals surface area contributed by atoms with Crippen LogP contribution >= 0.6 is 0 Å². The second-order valence-electron chi connectivity index (χ2n) is 5.14. The Morgan fingerprint density at radius 2 is 1.94 bits per heavy atom. The third-order valence-electron chi connectivity index (χ3n) is 3.83. The van der Waals surface area contributed by atoms with Crippen LogP contribution in [0.3, 0.4) is 0 Å². The van der Waals surface area contributed by atoms with Gasteiger partial charge in [-0.05, 0) is 37.0 Å². The summed E-state index contributed by atoms with van der Waals surface area (Å²) in [6, 6.07) is 7.02. The molecule has 1 saturated carbocycles. The van der Waals surface area contributed by atoms with Crippen LogP contribution in [0.4, 0.5) is 4.39 Å². The highest BCUT2D eigenvalue weighted by Gasteiger charge is 2.25. The molecule has 1 aromatic rings. The fraction of sp³-hybridized carbons (Fsp3) is 0.600. The highest BCUT2D eigenvalue weighted by atomic mass is 19.1. The van der Waals surface area contributed by atoms with Crippen LogP contribution in [-0.4, -0.2) is 17.3 Å². The Hall–Kier alpha value is -0.930. The number of hydrogen-bond acceptors (Lipinski definition) is 2. The van der Waals surface area contributed by atoms with Gasteiger partial charge in [-0.25, -0.2) is 4.39 Å². The summed E-state index contributed by atoms with van der Waals surface area (Å²) in [7, 11) is 0. The summed E-state index contributed by atoms with van der Waals surface area (Å²) >= 11 is 0. The van der Waals surface area contributed by atoms with E-state index in [4.69, 9.17) is 0 Å². The zero-order valence-electron chi connectivity index (χ0n) is 10.9. The maximum Gasteiger partial charge on any atom is 0.123 e. The summed E-state index contributed by atoms with van der Waals surface area (Å²) in [6.07, 6.45) is 4.90. The predicted octanol–water partition coefficient (Wildman–Crippen LogP) is 3.17. The lowest BCUT2D eigenvalue weighted by Crippen LogP contribution is -2.43. The topological polar surface area (TPSA) is 32.3 Å². The summed E-state index contributed by atoms with van der Waals surface area (Å²) < 4.78 is 12.9. The van der Waals surface area contributed by atoms with Gasteiger partial charge in [0.2, 0.25) is 0 Å². The molecular formula is C15H22FNO. The van der Waals surface area contributed by atoms with E-state index in [1.54, 1.807) is 0 Å². The highest BCUT2D eigenvalue weighted by molar-refractivity contribution is 5.20. The van der Waals surface area contributed by atoms with Crippen LogP contribution < -0.4 is 5.32 Å². The molecule has 1 fully saturated rings. The van der Waals surface area contributed by atoms with E-state index in [1.165, 1.54) is 18.6 Å². The van der Waals surface area contributed by atoms with Gasteiger partial charge in [0.05, 0.1) is 6.10 Å². The largest absolute Gasteiger partial charge is 0.392 e. The van der Waals surface area contributed by atoms with E-state index in [0.29, 0.717) is 0 Å². The lowest BCUT2D eigenvalue weighted by atomic mass is 9.91. The van der Waals surface area contributed by atoms with Gasteiger partial charge in [0.25, 0.3) is 0 Å². The van der Waals surface area contributed by atoms with Crippen molar-refractivity contribution in [3.8, 4) is 0 Å². The zero-order chi connectivity index (χ0) is 13.0. The minimum atomic E-state index is -0.242. The van der Waals surface area contributed by atoms with Crippen molar-refractivity contribution in [3.63, 3.8) is 0 Å². The van der Waals surface area contributed by atoms with Crippen LogP contribution in [0.5, 0.6) is 0 Å². The molecule has 18 heavy (non-hydrogen) atoms. The second kappa shape index (κ2) is 6.30. The number of nitrogens with one attached hydrogen (secondary N) is 1. The van der Waals surface area contributed by atoms with Crippen LogP contribution in [0.15, 0.2) is 24.3 Å². The first-order valence-corrected chi connectivity index (χ1v) is 6.90. The van der Waals surface area contributed by atoms with E-state index in [-0.39, 0.29) is 24.0 Å². The normalized spacial score (nSPS) is 25.9. The monoisotopic (exact) mass is 251 g/mol. The molecule has 1 aromatic carbocycles. The van der Waals surface area contributed by atoms with E-state index in [1.807, 2.05) is 12.1 Å². The van der Waals surface area contributed by atoms with Crippen molar-refractivity contribution in [3.05, 3.63) is 35.6 Å². The highest BCUT2D eigenvalue weighted by Crippen LogP contribution is 2.24. The molecular weight excluding hydrogens is 229 g/mol. The van der Waals surface area contributed by atoms with Gasteiger partial charge in [-0.3, -0.25) is 0 Å². The average molecular weight is 251 g/mol. The lowest BCUT2D eigenvalue weighted by Gasteiger charge is -2.32. The molecule has 0 aromatic heterocycles. The van der Waals surface area contributed by atoms with Gasteiger partial charge < -0.3 is 10.4 Å². The van der Waals surface area contributed by atoms with Crippen molar-refractivity contribution in [1.82, 2.24) is 5.32 Å². The van der Waals surface area contributed by atoms with Gasteiger partial charge in [0, 0.05) is 12.1 Å². The van der Waals surface area contributed by atoms with E-state index < -0.39 is 0 Å². The first-order valence-electron chi connectivity index (χ1n) is 6.90. The molecule has 0 radical (unpaired) electrons.